The van der Waals surface area contributed by atoms with Crippen LogP contribution in [-0.2, 0) is 16.1 Å². The number of amides is 2. The molecular formula is C20H20BrN3O2S. The number of carbonyl (C=O) groups is 2. The molecule has 1 aliphatic rings. The van der Waals surface area contributed by atoms with Crippen LogP contribution in [-0.4, -0.2) is 39.3 Å². The van der Waals surface area contributed by atoms with Gasteiger partial charge in [0.2, 0.25) is 5.91 Å². The number of nitrogens with one attached hydrogen (secondary N) is 1. The third kappa shape index (κ3) is 4.54. The topological polar surface area (TPSA) is 52.7 Å². The number of carbonyl (C=O) groups excluding carboxylic acids is 2. The van der Waals surface area contributed by atoms with Gasteiger partial charge < -0.3 is 10.2 Å². The zero-order chi connectivity index (χ0) is 19.4. The van der Waals surface area contributed by atoms with Crippen molar-refractivity contribution in [3.05, 3.63) is 64.6 Å². The van der Waals surface area contributed by atoms with E-state index in [0.717, 1.165) is 10.0 Å². The standard InChI is InChI=1S/C20H20BrN3O2S/c1-2-23-19(26)17(12-18(25)22-16-10-8-15(21)9-11-16)24(20(23)27)13-14-6-4-3-5-7-14/h3-11,17H,2,12-13H2,1H3,(H,22,25). The minimum atomic E-state index is -0.590. The molecule has 0 saturated carbocycles. The first kappa shape index (κ1) is 19.5. The molecule has 1 saturated heterocycles. The summed E-state index contributed by atoms with van der Waals surface area (Å²) in [6.07, 6.45) is 0.0539. The number of hydrogen-bond acceptors (Lipinski definition) is 3. The van der Waals surface area contributed by atoms with Crippen molar-refractivity contribution in [1.82, 2.24) is 9.80 Å². The van der Waals surface area contributed by atoms with E-state index < -0.39 is 6.04 Å². The van der Waals surface area contributed by atoms with Gasteiger partial charge in [-0.1, -0.05) is 46.3 Å². The van der Waals surface area contributed by atoms with Gasteiger partial charge in [-0.2, -0.15) is 0 Å². The Hall–Kier alpha value is -2.25. The smallest absolute Gasteiger partial charge is 0.252 e. The number of rotatable bonds is 6. The number of anilines is 1. The van der Waals surface area contributed by atoms with Gasteiger partial charge in [0, 0.05) is 23.2 Å². The maximum atomic E-state index is 12.8. The first-order chi connectivity index (χ1) is 13.0. The normalized spacial score (nSPS) is 16.7. The second kappa shape index (κ2) is 8.63. The average molecular weight is 446 g/mol. The van der Waals surface area contributed by atoms with Crippen molar-refractivity contribution in [3.63, 3.8) is 0 Å². The van der Waals surface area contributed by atoms with E-state index in [1.54, 1.807) is 4.90 Å². The first-order valence-corrected chi connectivity index (χ1v) is 9.91. The molecule has 2 amide bonds. The molecule has 0 radical (unpaired) electrons. The molecule has 0 aromatic heterocycles. The van der Waals surface area contributed by atoms with Crippen LogP contribution in [0.25, 0.3) is 0 Å². The fraction of sp³-hybridized carbons (Fsp3) is 0.250. The Kier molecular flexibility index (Phi) is 6.23. The van der Waals surface area contributed by atoms with Crippen molar-refractivity contribution in [1.29, 1.82) is 0 Å². The fourth-order valence-corrected chi connectivity index (χ4v) is 3.74. The van der Waals surface area contributed by atoms with Crippen molar-refractivity contribution >= 4 is 50.8 Å². The van der Waals surface area contributed by atoms with Crippen LogP contribution < -0.4 is 5.32 Å². The van der Waals surface area contributed by atoms with Crippen molar-refractivity contribution in [2.75, 3.05) is 11.9 Å². The lowest BCUT2D eigenvalue weighted by molar-refractivity contribution is -0.130. The lowest BCUT2D eigenvalue weighted by Crippen LogP contribution is -2.37. The van der Waals surface area contributed by atoms with Gasteiger partial charge >= 0.3 is 0 Å². The van der Waals surface area contributed by atoms with Gasteiger partial charge in [-0.05, 0) is 49.0 Å². The Morgan fingerprint density at radius 3 is 2.44 bits per heavy atom. The lowest BCUT2D eigenvalue weighted by atomic mass is 10.1. The Morgan fingerprint density at radius 1 is 1.15 bits per heavy atom. The second-order valence-electron chi connectivity index (χ2n) is 6.25. The van der Waals surface area contributed by atoms with Crippen LogP contribution in [0.4, 0.5) is 5.69 Å². The van der Waals surface area contributed by atoms with E-state index in [1.807, 2.05) is 66.4 Å². The van der Waals surface area contributed by atoms with Crippen molar-refractivity contribution < 1.29 is 9.59 Å². The molecule has 1 N–H and O–H groups in total. The summed E-state index contributed by atoms with van der Waals surface area (Å²) in [5, 5.41) is 3.33. The summed E-state index contributed by atoms with van der Waals surface area (Å²) in [6, 6.07) is 16.5. The Bertz CT molecular complexity index is 842. The molecule has 5 nitrogen and oxygen atoms in total. The quantitative estimate of drug-likeness (QED) is 0.687. The van der Waals surface area contributed by atoms with Gasteiger partial charge in [-0.15, -0.1) is 0 Å². The number of hydrogen-bond donors (Lipinski definition) is 1. The van der Waals surface area contributed by atoms with Gasteiger partial charge in [-0.3, -0.25) is 14.5 Å². The Balaban J connectivity index is 1.75. The minimum absolute atomic E-state index is 0.0539. The molecule has 0 spiro atoms. The monoisotopic (exact) mass is 445 g/mol. The predicted molar refractivity (Wildman–Crippen MR) is 113 cm³/mol. The summed E-state index contributed by atoms with van der Waals surface area (Å²) in [4.78, 5) is 28.7. The van der Waals surface area contributed by atoms with Crippen LogP contribution >= 0.6 is 28.1 Å². The highest BCUT2D eigenvalue weighted by Crippen LogP contribution is 2.24. The van der Waals surface area contributed by atoms with Gasteiger partial charge in [0.15, 0.2) is 5.11 Å². The van der Waals surface area contributed by atoms with E-state index in [2.05, 4.69) is 21.2 Å². The average Bonchev–Trinajstić information content (AvgIpc) is 2.88. The number of nitrogens with zero attached hydrogens (tertiary/aromatic N) is 2. The van der Waals surface area contributed by atoms with Crippen LogP contribution in [0.5, 0.6) is 0 Å². The van der Waals surface area contributed by atoms with Gasteiger partial charge in [-0.25, -0.2) is 0 Å². The molecule has 1 atom stereocenters. The van der Waals surface area contributed by atoms with E-state index >= 15 is 0 Å². The molecule has 1 fully saturated rings. The van der Waals surface area contributed by atoms with Crippen molar-refractivity contribution in [2.24, 2.45) is 0 Å². The zero-order valence-corrected chi connectivity index (χ0v) is 17.3. The van der Waals surface area contributed by atoms with Gasteiger partial charge in [0.25, 0.3) is 5.91 Å². The first-order valence-electron chi connectivity index (χ1n) is 8.71. The highest BCUT2D eigenvalue weighted by molar-refractivity contribution is 9.10. The summed E-state index contributed by atoms with van der Waals surface area (Å²) in [5.41, 5.74) is 1.74. The highest BCUT2D eigenvalue weighted by Gasteiger charge is 2.42. The molecule has 3 rings (SSSR count). The Labute approximate surface area is 172 Å². The number of halogens is 1. The van der Waals surface area contributed by atoms with Crippen LogP contribution in [0.2, 0.25) is 0 Å². The third-order valence-electron chi connectivity index (χ3n) is 4.42. The molecular weight excluding hydrogens is 426 g/mol. The second-order valence-corrected chi connectivity index (χ2v) is 7.53. The van der Waals surface area contributed by atoms with E-state index in [0.29, 0.717) is 23.9 Å². The molecule has 2 aromatic rings. The maximum absolute atomic E-state index is 12.8. The summed E-state index contributed by atoms with van der Waals surface area (Å²) in [7, 11) is 0. The lowest BCUT2D eigenvalue weighted by Gasteiger charge is -2.23. The molecule has 0 aliphatic carbocycles. The third-order valence-corrected chi connectivity index (χ3v) is 5.41. The molecule has 27 heavy (non-hydrogen) atoms. The van der Waals surface area contributed by atoms with Crippen LogP contribution in [0.3, 0.4) is 0 Å². The van der Waals surface area contributed by atoms with Crippen LogP contribution in [0.1, 0.15) is 18.9 Å². The molecule has 7 heteroatoms. The summed E-state index contributed by atoms with van der Waals surface area (Å²) >= 11 is 8.87. The van der Waals surface area contributed by atoms with E-state index in [1.165, 1.54) is 0 Å². The summed E-state index contributed by atoms with van der Waals surface area (Å²) < 4.78 is 0.935. The summed E-state index contributed by atoms with van der Waals surface area (Å²) in [5.74, 6) is -0.334. The molecule has 0 bridgehead atoms. The van der Waals surface area contributed by atoms with E-state index in [4.69, 9.17) is 12.2 Å². The zero-order valence-electron chi connectivity index (χ0n) is 14.9. The molecule has 1 aliphatic heterocycles. The largest absolute Gasteiger partial charge is 0.332 e. The van der Waals surface area contributed by atoms with Gasteiger partial charge in [0.05, 0.1) is 6.42 Å². The van der Waals surface area contributed by atoms with Crippen LogP contribution in [0, 0.1) is 0 Å². The highest BCUT2D eigenvalue weighted by atomic mass is 79.9. The van der Waals surface area contributed by atoms with E-state index in [9.17, 15) is 9.59 Å². The minimum Gasteiger partial charge on any atom is -0.332 e. The van der Waals surface area contributed by atoms with Crippen molar-refractivity contribution in [3.8, 4) is 0 Å². The Morgan fingerprint density at radius 2 is 1.81 bits per heavy atom. The SMILES string of the molecule is CCN1C(=O)C(CC(=O)Nc2ccc(Br)cc2)N(Cc2ccccc2)C1=S. The predicted octanol–water partition coefficient (Wildman–Crippen LogP) is 3.80. The maximum Gasteiger partial charge on any atom is 0.252 e. The number of benzene rings is 2. The molecule has 2 aromatic carbocycles. The number of likely N-dealkylation sites (N-methyl/N-ethyl adjacent to an activating group) is 1. The fourth-order valence-electron chi connectivity index (χ4n) is 3.06. The van der Waals surface area contributed by atoms with Crippen LogP contribution in [0.15, 0.2) is 59.1 Å². The van der Waals surface area contributed by atoms with E-state index in [-0.39, 0.29) is 18.2 Å². The summed E-state index contributed by atoms with van der Waals surface area (Å²) in [6.45, 7) is 2.88. The number of thiocarbonyl (C=S) groups is 1. The molecule has 1 heterocycles. The molecule has 140 valence electrons. The molecule has 1 unspecified atom stereocenters. The van der Waals surface area contributed by atoms with Gasteiger partial charge in [0.1, 0.15) is 6.04 Å². The van der Waals surface area contributed by atoms with Crippen molar-refractivity contribution in [2.45, 2.75) is 25.9 Å².